The lowest BCUT2D eigenvalue weighted by Gasteiger charge is -2.18. The molecule has 0 aliphatic rings. The van der Waals surface area contributed by atoms with Crippen molar-refractivity contribution in [3.63, 3.8) is 0 Å². The van der Waals surface area contributed by atoms with Gasteiger partial charge in [0.2, 0.25) is 0 Å². The molecule has 0 bridgehead atoms. The van der Waals surface area contributed by atoms with Gasteiger partial charge in [0.1, 0.15) is 5.75 Å². The molecule has 0 heterocycles. The fourth-order valence-electron chi connectivity index (χ4n) is 2.47. The number of halogens is 1. The second kappa shape index (κ2) is 10.5. The summed E-state index contributed by atoms with van der Waals surface area (Å²) in [7, 11) is 0. The minimum absolute atomic E-state index is 0.0874. The second-order valence-corrected chi connectivity index (χ2v) is 7.96. The van der Waals surface area contributed by atoms with Gasteiger partial charge in [0.25, 0.3) is 5.91 Å². The van der Waals surface area contributed by atoms with Crippen molar-refractivity contribution in [2.45, 2.75) is 38.5 Å². The molecule has 1 N–H and O–H groups in total. The molecule has 1 amide bonds. The van der Waals surface area contributed by atoms with Gasteiger partial charge in [-0.25, -0.2) is 0 Å². The zero-order valence-corrected chi connectivity index (χ0v) is 17.1. The quantitative estimate of drug-likeness (QED) is 0.591. The fraction of sp³-hybridized carbons (Fsp3) is 0.381. The van der Waals surface area contributed by atoms with Gasteiger partial charge < -0.3 is 10.1 Å². The second-order valence-electron chi connectivity index (χ2n) is 6.42. The first-order valence-corrected chi connectivity index (χ1v) is 10.4. The normalized spacial score (nSPS) is 12.0. The van der Waals surface area contributed by atoms with E-state index in [1.807, 2.05) is 48.5 Å². The van der Waals surface area contributed by atoms with Crippen LogP contribution in [0.3, 0.4) is 0 Å². The molecule has 0 radical (unpaired) electrons. The number of benzene rings is 2. The van der Waals surface area contributed by atoms with Crippen LogP contribution in [0.25, 0.3) is 0 Å². The smallest absolute Gasteiger partial charge is 0.260 e. The van der Waals surface area contributed by atoms with Gasteiger partial charge in [-0.3, -0.25) is 4.79 Å². The summed E-state index contributed by atoms with van der Waals surface area (Å²) < 4.78 is 5.87. The maximum absolute atomic E-state index is 12.2. The molecule has 0 aliphatic heterocycles. The van der Waals surface area contributed by atoms with E-state index in [4.69, 9.17) is 16.3 Å². The first-order chi connectivity index (χ1) is 12.5. The highest BCUT2D eigenvalue weighted by atomic mass is 35.5. The first-order valence-electron chi connectivity index (χ1n) is 8.83. The highest BCUT2D eigenvalue weighted by Gasteiger charge is 2.16. The summed E-state index contributed by atoms with van der Waals surface area (Å²) in [5, 5.41) is 3.69. The average molecular weight is 392 g/mol. The van der Waals surface area contributed by atoms with Crippen molar-refractivity contribution in [3.8, 4) is 5.75 Å². The summed E-state index contributed by atoms with van der Waals surface area (Å²) in [6.45, 7) is 6.64. The average Bonchev–Trinajstić information content (AvgIpc) is 2.63. The summed E-state index contributed by atoms with van der Waals surface area (Å²) in [4.78, 5) is 12.2. The first kappa shape index (κ1) is 20.7. The number of para-hydroxylation sites is 1. The van der Waals surface area contributed by atoms with Gasteiger partial charge in [-0.15, -0.1) is 0 Å². The van der Waals surface area contributed by atoms with E-state index in [9.17, 15) is 4.79 Å². The van der Waals surface area contributed by atoms with Crippen molar-refractivity contribution < 1.29 is 9.53 Å². The number of ether oxygens (including phenoxy) is 1. The third kappa shape index (κ3) is 6.58. The Balaban J connectivity index is 1.71. The third-order valence-electron chi connectivity index (χ3n) is 3.94. The Morgan fingerprint density at radius 1 is 1.12 bits per heavy atom. The molecule has 1 atom stereocenters. The van der Waals surface area contributed by atoms with Crippen LogP contribution in [0.5, 0.6) is 5.75 Å². The lowest BCUT2D eigenvalue weighted by atomic mass is 10.0. The van der Waals surface area contributed by atoms with Crippen LogP contribution in [-0.4, -0.2) is 24.3 Å². The van der Waals surface area contributed by atoms with Crippen molar-refractivity contribution in [1.29, 1.82) is 0 Å². The molecule has 0 aliphatic carbocycles. The van der Waals surface area contributed by atoms with Crippen LogP contribution in [0.1, 0.15) is 37.8 Å². The monoisotopic (exact) mass is 391 g/mol. The van der Waals surface area contributed by atoms with Crippen molar-refractivity contribution in [1.82, 2.24) is 5.32 Å². The number of rotatable bonds is 9. The summed E-state index contributed by atoms with van der Waals surface area (Å²) in [5.74, 6) is 2.80. The predicted molar refractivity (Wildman–Crippen MR) is 111 cm³/mol. The number of nitrogens with one attached hydrogen (secondary N) is 1. The Morgan fingerprint density at radius 2 is 1.81 bits per heavy atom. The maximum atomic E-state index is 12.2. The standard InChI is InChI=1S/C21H26ClNO2S/c1-15(2)19-6-4-5-7-20(19)25-16(3)21(24)23-12-13-26-14-17-8-10-18(22)11-9-17/h4-11,15-16H,12-14H2,1-3H3,(H,23,24). The van der Waals surface area contributed by atoms with E-state index >= 15 is 0 Å². The molecule has 140 valence electrons. The molecule has 5 heteroatoms. The van der Waals surface area contributed by atoms with E-state index in [1.165, 1.54) is 5.56 Å². The van der Waals surface area contributed by atoms with Crippen LogP contribution in [0.2, 0.25) is 5.02 Å². The number of hydrogen-bond donors (Lipinski definition) is 1. The topological polar surface area (TPSA) is 38.3 Å². The van der Waals surface area contributed by atoms with Crippen LogP contribution in [0.15, 0.2) is 48.5 Å². The minimum Gasteiger partial charge on any atom is -0.481 e. The zero-order chi connectivity index (χ0) is 18.9. The SMILES string of the molecule is CC(Oc1ccccc1C(C)C)C(=O)NCCSCc1ccc(Cl)cc1. The van der Waals surface area contributed by atoms with Crippen LogP contribution < -0.4 is 10.1 Å². The number of hydrogen-bond acceptors (Lipinski definition) is 3. The number of amides is 1. The number of carbonyl (C=O) groups is 1. The van der Waals surface area contributed by atoms with Crippen molar-refractivity contribution >= 4 is 29.3 Å². The molecule has 0 fully saturated rings. The summed E-state index contributed by atoms with van der Waals surface area (Å²) in [6, 6.07) is 15.7. The van der Waals surface area contributed by atoms with Gasteiger partial charge in [-0.1, -0.05) is 55.8 Å². The molecule has 1 unspecified atom stereocenters. The van der Waals surface area contributed by atoms with Gasteiger partial charge >= 0.3 is 0 Å². The Morgan fingerprint density at radius 3 is 2.50 bits per heavy atom. The van der Waals surface area contributed by atoms with Crippen LogP contribution in [0, 0.1) is 0 Å². The van der Waals surface area contributed by atoms with Crippen LogP contribution >= 0.6 is 23.4 Å². The van der Waals surface area contributed by atoms with Gasteiger partial charge in [-0.2, -0.15) is 11.8 Å². The molecule has 2 aromatic rings. The molecule has 0 spiro atoms. The predicted octanol–water partition coefficient (Wildman–Crippen LogP) is 5.28. The Kier molecular flexibility index (Phi) is 8.33. The van der Waals surface area contributed by atoms with Gasteiger partial charge in [-0.05, 0) is 42.2 Å². The lowest BCUT2D eigenvalue weighted by molar-refractivity contribution is -0.127. The van der Waals surface area contributed by atoms with Crippen molar-refractivity contribution in [3.05, 3.63) is 64.7 Å². The number of carbonyl (C=O) groups excluding carboxylic acids is 1. The molecular formula is C21H26ClNO2S. The van der Waals surface area contributed by atoms with E-state index in [0.29, 0.717) is 12.5 Å². The summed E-state index contributed by atoms with van der Waals surface area (Å²) in [6.07, 6.45) is -0.517. The van der Waals surface area contributed by atoms with E-state index < -0.39 is 6.10 Å². The van der Waals surface area contributed by atoms with E-state index in [0.717, 1.165) is 27.8 Å². The Hall–Kier alpha value is -1.65. The highest BCUT2D eigenvalue weighted by molar-refractivity contribution is 7.98. The fourth-order valence-corrected chi connectivity index (χ4v) is 3.41. The van der Waals surface area contributed by atoms with Crippen LogP contribution in [0.4, 0.5) is 0 Å². The van der Waals surface area contributed by atoms with Crippen molar-refractivity contribution in [2.24, 2.45) is 0 Å². The highest BCUT2D eigenvalue weighted by Crippen LogP contribution is 2.26. The van der Waals surface area contributed by atoms with Gasteiger partial charge in [0.15, 0.2) is 6.10 Å². The molecule has 0 saturated carbocycles. The van der Waals surface area contributed by atoms with E-state index in [-0.39, 0.29) is 5.91 Å². The van der Waals surface area contributed by atoms with Gasteiger partial charge in [0.05, 0.1) is 0 Å². The largest absolute Gasteiger partial charge is 0.481 e. The third-order valence-corrected chi connectivity index (χ3v) is 5.22. The molecule has 0 aromatic heterocycles. The molecular weight excluding hydrogens is 366 g/mol. The van der Waals surface area contributed by atoms with Crippen molar-refractivity contribution in [2.75, 3.05) is 12.3 Å². The summed E-state index contributed by atoms with van der Waals surface area (Å²) in [5.41, 5.74) is 2.35. The van der Waals surface area contributed by atoms with Crippen LogP contribution in [-0.2, 0) is 10.5 Å². The molecule has 0 saturated heterocycles. The molecule has 26 heavy (non-hydrogen) atoms. The molecule has 2 aromatic carbocycles. The molecule has 3 nitrogen and oxygen atoms in total. The van der Waals surface area contributed by atoms with E-state index in [2.05, 4.69) is 19.2 Å². The minimum atomic E-state index is -0.517. The zero-order valence-electron chi connectivity index (χ0n) is 15.5. The summed E-state index contributed by atoms with van der Waals surface area (Å²) >= 11 is 7.66. The Labute approximate surface area is 165 Å². The van der Waals surface area contributed by atoms with Gasteiger partial charge in [0, 0.05) is 23.1 Å². The maximum Gasteiger partial charge on any atom is 0.260 e. The van der Waals surface area contributed by atoms with E-state index in [1.54, 1.807) is 18.7 Å². The Bertz CT molecular complexity index is 703. The number of thioether (sulfide) groups is 1. The molecule has 2 rings (SSSR count). The lowest BCUT2D eigenvalue weighted by Crippen LogP contribution is -2.37.